The first-order valence-corrected chi connectivity index (χ1v) is 3.83. The van der Waals surface area contributed by atoms with Gasteiger partial charge < -0.3 is 9.47 Å². The van der Waals surface area contributed by atoms with E-state index in [1.54, 1.807) is 0 Å². The van der Waals surface area contributed by atoms with E-state index >= 15 is 0 Å². The summed E-state index contributed by atoms with van der Waals surface area (Å²) in [6, 6.07) is 0. The van der Waals surface area contributed by atoms with Crippen molar-refractivity contribution in [1.29, 1.82) is 0 Å². The Balaban J connectivity index is 2.24. The number of methoxy groups -OCH3 is 2. The van der Waals surface area contributed by atoms with Crippen LogP contribution in [-0.2, 0) is 19.1 Å². The first-order valence-electron chi connectivity index (χ1n) is 3.83. The molecule has 0 saturated heterocycles. The summed E-state index contributed by atoms with van der Waals surface area (Å²) in [5, 5.41) is 0. The number of hydrogen-bond donors (Lipinski definition) is 0. The molecule has 2 atom stereocenters. The van der Waals surface area contributed by atoms with E-state index in [0.717, 1.165) is 6.42 Å². The van der Waals surface area contributed by atoms with Crippen LogP contribution in [0.1, 0.15) is 12.8 Å². The van der Waals surface area contributed by atoms with E-state index < -0.39 is 0 Å². The number of ether oxygens (including phenoxy) is 2. The van der Waals surface area contributed by atoms with Crippen LogP contribution in [0.2, 0.25) is 0 Å². The van der Waals surface area contributed by atoms with Crippen LogP contribution in [0.3, 0.4) is 0 Å². The van der Waals surface area contributed by atoms with E-state index in [4.69, 9.17) is 0 Å². The minimum Gasteiger partial charge on any atom is -0.469 e. The van der Waals surface area contributed by atoms with E-state index in [1.807, 2.05) is 0 Å². The third-order valence-electron chi connectivity index (χ3n) is 2.08. The van der Waals surface area contributed by atoms with Gasteiger partial charge in [-0.05, 0) is 12.3 Å². The first-order chi connectivity index (χ1) is 5.69. The minimum atomic E-state index is -0.258. The fourth-order valence-electron chi connectivity index (χ4n) is 1.21. The lowest BCUT2D eigenvalue weighted by Gasteiger charge is -1.97. The number of rotatable bonds is 3. The SMILES string of the molecule is COC(=O)CC1CC1C(=O)OC. The minimum absolute atomic E-state index is 0.0749. The quantitative estimate of drug-likeness (QED) is 0.577. The van der Waals surface area contributed by atoms with Crippen LogP contribution in [0.5, 0.6) is 0 Å². The summed E-state index contributed by atoms with van der Waals surface area (Å²) in [4.78, 5) is 21.6. The zero-order valence-electron chi connectivity index (χ0n) is 7.20. The van der Waals surface area contributed by atoms with Crippen molar-refractivity contribution in [3.8, 4) is 0 Å². The average molecular weight is 172 g/mol. The normalized spacial score (nSPS) is 26.2. The van der Waals surface area contributed by atoms with Crippen LogP contribution >= 0.6 is 0 Å². The Morgan fingerprint density at radius 2 is 2.00 bits per heavy atom. The van der Waals surface area contributed by atoms with Gasteiger partial charge in [0.05, 0.1) is 20.1 Å². The highest BCUT2D eigenvalue weighted by atomic mass is 16.5. The predicted octanol–water partition coefficient (Wildman–Crippen LogP) is 0.359. The van der Waals surface area contributed by atoms with Gasteiger partial charge in [0.25, 0.3) is 0 Å². The zero-order valence-corrected chi connectivity index (χ0v) is 7.20. The maximum Gasteiger partial charge on any atom is 0.308 e. The molecule has 0 aromatic heterocycles. The molecule has 0 aromatic carbocycles. The second-order valence-electron chi connectivity index (χ2n) is 2.91. The van der Waals surface area contributed by atoms with Gasteiger partial charge in [0.2, 0.25) is 0 Å². The molecule has 1 aliphatic rings. The molecule has 0 aliphatic heterocycles. The van der Waals surface area contributed by atoms with Gasteiger partial charge in [0.1, 0.15) is 0 Å². The maximum absolute atomic E-state index is 10.9. The fourth-order valence-corrected chi connectivity index (χ4v) is 1.21. The summed E-state index contributed by atoms with van der Waals surface area (Å²) in [5.74, 6) is -0.408. The smallest absolute Gasteiger partial charge is 0.308 e. The van der Waals surface area contributed by atoms with Crippen molar-refractivity contribution in [3.05, 3.63) is 0 Å². The summed E-state index contributed by atoms with van der Waals surface area (Å²) in [6.07, 6.45) is 1.08. The van der Waals surface area contributed by atoms with Crippen molar-refractivity contribution in [1.82, 2.24) is 0 Å². The molecule has 0 radical (unpaired) electrons. The van der Waals surface area contributed by atoms with Gasteiger partial charge in [0, 0.05) is 6.42 Å². The monoisotopic (exact) mass is 172 g/mol. The van der Waals surface area contributed by atoms with Gasteiger partial charge in [-0.2, -0.15) is 0 Å². The fraction of sp³-hybridized carbons (Fsp3) is 0.750. The van der Waals surface area contributed by atoms with Gasteiger partial charge in [-0.1, -0.05) is 0 Å². The Kier molecular flexibility index (Phi) is 2.68. The van der Waals surface area contributed by atoms with Crippen LogP contribution in [0, 0.1) is 11.8 Å². The van der Waals surface area contributed by atoms with Gasteiger partial charge in [-0.15, -0.1) is 0 Å². The van der Waals surface area contributed by atoms with Crippen LogP contribution in [0.15, 0.2) is 0 Å². The molecule has 0 spiro atoms. The van der Waals surface area contributed by atoms with Crippen molar-refractivity contribution >= 4 is 11.9 Å². The molecule has 1 saturated carbocycles. The standard InChI is InChI=1S/C8H12O4/c1-11-7(9)4-5-3-6(5)8(10)12-2/h5-6H,3-4H2,1-2H3. The van der Waals surface area contributed by atoms with Crippen molar-refractivity contribution in [2.75, 3.05) is 14.2 Å². The largest absolute Gasteiger partial charge is 0.469 e. The molecular weight excluding hydrogens is 160 g/mol. The second-order valence-corrected chi connectivity index (χ2v) is 2.91. The molecule has 12 heavy (non-hydrogen) atoms. The Labute approximate surface area is 70.8 Å². The Morgan fingerprint density at radius 3 is 2.50 bits per heavy atom. The van der Waals surface area contributed by atoms with Gasteiger partial charge >= 0.3 is 11.9 Å². The van der Waals surface area contributed by atoms with E-state index in [0.29, 0.717) is 6.42 Å². The maximum atomic E-state index is 10.9. The molecule has 1 rings (SSSR count). The molecule has 4 nitrogen and oxygen atoms in total. The summed E-state index contributed by atoms with van der Waals surface area (Å²) >= 11 is 0. The van der Waals surface area contributed by atoms with E-state index in [2.05, 4.69) is 9.47 Å². The van der Waals surface area contributed by atoms with Crippen molar-refractivity contribution in [3.63, 3.8) is 0 Å². The van der Waals surface area contributed by atoms with Crippen LogP contribution in [-0.4, -0.2) is 26.2 Å². The third-order valence-corrected chi connectivity index (χ3v) is 2.08. The molecule has 0 bridgehead atoms. The third kappa shape index (κ3) is 1.96. The van der Waals surface area contributed by atoms with E-state index in [9.17, 15) is 9.59 Å². The molecule has 1 fully saturated rings. The summed E-state index contributed by atoms with van der Waals surface area (Å²) in [7, 11) is 2.70. The lowest BCUT2D eigenvalue weighted by molar-refractivity contribution is -0.143. The summed E-state index contributed by atoms with van der Waals surface area (Å²) in [5.41, 5.74) is 0. The highest BCUT2D eigenvalue weighted by Gasteiger charge is 2.45. The predicted molar refractivity (Wildman–Crippen MR) is 40.2 cm³/mol. The highest BCUT2D eigenvalue weighted by Crippen LogP contribution is 2.42. The van der Waals surface area contributed by atoms with Crippen molar-refractivity contribution in [2.24, 2.45) is 11.8 Å². The topological polar surface area (TPSA) is 52.6 Å². The summed E-state index contributed by atoms with van der Waals surface area (Å²) < 4.78 is 9.00. The van der Waals surface area contributed by atoms with E-state index in [1.165, 1.54) is 14.2 Å². The average Bonchev–Trinajstić information content (AvgIpc) is 2.82. The van der Waals surface area contributed by atoms with Crippen molar-refractivity contribution < 1.29 is 19.1 Å². The van der Waals surface area contributed by atoms with Gasteiger partial charge in [0.15, 0.2) is 0 Å². The Bertz CT molecular complexity index is 199. The van der Waals surface area contributed by atoms with E-state index in [-0.39, 0.29) is 23.8 Å². The Hall–Kier alpha value is -1.06. The lowest BCUT2D eigenvalue weighted by Crippen LogP contribution is -2.07. The number of esters is 2. The molecule has 0 amide bonds. The lowest BCUT2D eigenvalue weighted by atomic mass is 10.2. The van der Waals surface area contributed by atoms with Crippen molar-refractivity contribution in [2.45, 2.75) is 12.8 Å². The Morgan fingerprint density at radius 1 is 1.33 bits per heavy atom. The number of hydrogen-bond acceptors (Lipinski definition) is 4. The first kappa shape index (κ1) is 9.03. The van der Waals surface area contributed by atoms with Crippen LogP contribution < -0.4 is 0 Å². The molecular formula is C8H12O4. The molecule has 0 heterocycles. The van der Waals surface area contributed by atoms with Crippen LogP contribution in [0.25, 0.3) is 0 Å². The number of carbonyl (C=O) groups excluding carboxylic acids is 2. The molecule has 4 heteroatoms. The molecule has 0 N–H and O–H groups in total. The second kappa shape index (κ2) is 3.56. The highest BCUT2D eigenvalue weighted by molar-refractivity contribution is 5.78. The van der Waals surface area contributed by atoms with Crippen LogP contribution in [0.4, 0.5) is 0 Å². The molecule has 1 aliphatic carbocycles. The van der Waals surface area contributed by atoms with Gasteiger partial charge in [-0.3, -0.25) is 9.59 Å². The summed E-state index contributed by atoms with van der Waals surface area (Å²) in [6.45, 7) is 0. The molecule has 2 unspecified atom stereocenters. The zero-order chi connectivity index (χ0) is 9.14. The number of carbonyl (C=O) groups is 2. The molecule has 68 valence electrons. The molecule has 0 aromatic rings. The van der Waals surface area contributed by atoms with Gasteiger partial charge in [-0.25, -0.2) is 0 Å².